The number of aromatic nitrogens is 4. The number of methoxy groups -OCH3 is 1. The van der Waals surface area contributed by atoms with Gasteiger partial charge in [0.25, 0.3) is 11.1 Å². The molecule has 0 fully saturated rings. The van der Waals surface area contributed by atoms with E-state index in [0.29, 0.717) is 28.6 Å². The van der Waals surface area contributed by atoms with E-state index in [0.717, 1.165) is 16.9 Å². The van der Waals surface area contributed by atoms with Gasteiger partial charge in [0.2, 0.25) is 5.89 Å². The standard InChI is InChI=1S/C18H14N4O3S/c1-23-14-9-7-13(8-10-14)16-19-15(22-25-16)11-26-18-21-20-17(24-18)12-5-3-2-4-6-12/h2-10H,11H2,1H3. The maximum Gasteiger partial charge on any atom is 0.277 e. The maximum atomic E-state index is 5.65. The monoisotopic (exact) mass is 366 g/mol. The van der Waals surface area contributed by atoms with Gasteiger partial charge in [0.15, 0.2) is 5.82 Å². The molecule has 0 saturated carbocycles. The molecule has 0 radical (unpaired) electrons. The summed E-state index contributed by atoms with van der Waals surface area (Å²) in [4.78, 5) is 4.39. The van der Waals surface area contributed by atoms with Gasteiger partial charge in [0.05, 0.1) is 12.9 Å². The minimum atomic E-state index is 0.457. The summed E-state index contributed by atoms with van der Waals surface area (Å²) in [6, 6.07) is 17.0. The molecule has 4 aromatic rings. The van der Waals surface area contributed by atoms with Crippen molar-refractivity contribution in [1.82, 2.24) is 20.3 Å². The van der Waals surface area contributed by atoms with Crippen molar-refractivity contribution in [3.8, 4) is 28.7 Å². The zero-order valence-corrected chi connectivity index (χ0v) is 14.6. The number of ether oxygens (including phenoxy) is 1. The van der Waals surface area contributed by atoms with Crippen LogP contribution in [0.4, 0.5) is 0 Å². The average molecular weight is 366 g/mol. The molecule has 7 nitrogen and oxygen atoms in total. The first-order chi connectivity index (χ1) is 12.8. The summed E-state index contributed by atoms with van der Waals surface area (Å²) in [6.07, 6.45) is 0. The molecule has 0 spiro atoms. The number of hydrogen-bond acceptors (Lipinski definition) is 8. The van der Waals surface area contributed by atoms with E-state index in [1.807, 2.05) is 54.6 Å². The average Bonchev–Trinajstić information content (AvgIpc) is 3.37. The Morgan fingerprint density at radius 2 is 1.69 bits per heavy atom. The molecule has 4 rings (SSSR count). The number of nitrogens with zero attached hydrogens (tertiary/aromatic N) is 4. The van der Waals surface area contributed by atoms with Crippen LogP contribution >= 0.6 is 11.8 Å². The van der Waals surface area contributed by atoms with Crippen LogP contribution in [0.5, 0.6) is 5.75 Å². The molecule has 2 heterocycles. The third-order valence-corrected chi connectivity index (χ3v) is 4.37. The van der Waals surface area contributed by atoms with E-state index in [1.165, 1.54) is 11.8 Å². The van der Waals surface area contributed by atoms with Crippen LogP contribution in [0.25, 0.3) is 22.9 Å². The molecule has 0 atom stereocenters. The number of benzene rings is 2. The van der Waals surface area contributed by atoms with E-state index in [4.69, 9.17) is 13.7 Å². The molecule has 0 amide bonds. The zero-order chi connectivity index (χ0) is 17.8. The molecule has 0 N–H and O–H groups in total. The summed E-state index contributed by atoms with van der Waals surface area (Å²) >= 11 is 1.36. The van der Waals surface area contributed by atoms with Crippen molar-refractivity contribution in [1.29, 1.82) is 0 Å². The number of rotatable bonds is 6. The van der Waals surface area contributed by atoms with Crippen LogP contribution in [0.1, 0.15) is 5.82 Å². The molecule has 26 heavy (non-hydrogen) atoms. The zero-order valence-electron chi connectivity index (χ0n) is 13.8. The molecule has 0 saturated heterocycles. The van der Waals surface area contributed by atoms with Crippen LogP contribution in [0.2, 0.25) is 0 Å². The normalized spacial score (nSPS) is 10.8. The summed E-state index contributed by atoms with van der Waals surface area (Å²) < 4.78 is 16.1. The van der Waals surface area contributed by atoms with Crippen LogP contribution in [-0.2, 0) is 5.75 Å². The summed E-state index contributed by atoms with van der Waals surface area (Å²) in [7, 11) is 1.62. The van der Waals surface area contributed by atoms with Gasteiger partial charge in [-0.05, 0) is 36.4 Å². The van der Waals surface area contributed by atoms with Crippen molar-refractivity contribution in [2.24, 2.45) is 0 Å². The van der Waals surface area contributed by atoms with Gasteiger partial charge >= 0.3 is 0 Å². The van der Waals surface area contributed by atoms with E-state index >= 15 is 0 Å². The van der Waals surface area contributed by atoms with Gasteiger partial charge in [-0.2, -0.15) is 4.98 Å². The first-order valence-electron chi connectivity index (χ1n) is 7.80. The van der Waals surface area contributed by atoms with Gasteiger partial charge < -0.3 is 13.7 Å². The highest BCUT2D eigenvalue weighted by Crippen LogP contribution is 2.26. The van der Waals surface area contributed by atoms with Crippen LogP contribution in [0, 0.1) is 0 Å². The molecule has 0 bridgehead atoms. The fourth-order valence-electron chi connectivity index (χ4n) is 2.26. The van der Waals surface area contributed by atoms with E-state index in [-0.39, 0.29) is 0 Å². The Kier molecular flexibility index (Phi) is 4.65. The van der Waals surface area contributed by atoms with Crippen LogP contribution in [-0.4, -0.2) is 27.4 Å². The Balaban J connectivity index is 1.41. The Hall–Kier alpha value is -3.13. The predicted molar refractivity (Wildman–Crippen MR) is 95.6 cm³/mol. The summed E-state index contributed by atoms with van der Waals surface area (Å²) in [5.41, 5.74) is 1.71. The minimum absolute atomic E-state index is 0.457. The SMILES string of the molecule is COc1ccc(-c2nc(CSc3nnc(-c4ccccc4)o3)no2)cc1. The topological polar surface area (TPSA) is 87.1 Å². The van der Waals surface area contributed by atoms with Crippen LogP contribution < -0.4 is 4.74 Å². The molecule has 0 unspecified atom stereocenters. The van der Waals surface area contributed by atoms with Crippen molar-refractivity contribution in [3.63, 3.8) is 0 Å². The molecule has 2 aromatic heterocycles. The van der Waals surface area contributed by atoms with E-state index in [9.17, 15) is 0 Å². The van der Waals surface area contributed by atoms with E-state index in [1.54, 1.807) is 7.11 Å². The van der Waals surface area contributed by atoms with Gasteiger partial charge in [-0.25, -0.2) is 0 Å². The highest BCUT2D eigenvalue weighted by Gasteiger charge is 2.13. The molecule has 0 aliphatic rings. The fourth-order valence-corrected chi connectivity index (χ4v) is 2.86. The number of hydrogen-bond donors (Lipinski definition) is 0. The van der Waals surface area contributed by atoms with Crippen molar-refractivity contribution >= 4 is 11.8 Å². The number of thioether (sulfide) groups is 1. The first-order valence-corrected chi connectivity index (χ1v) is 8.79. The van der Waals surface area contributed by atoms with Gasteiger partial charge in [-0.15, -0.1) is 10.2 Å². The highest BCUT2D eigenvalue weighted by molar-refractivity contribution is 7.98. The summed E-state index contributed by atoms with van der Waals surface area (Å²) in [5, 5.41) is 12.5. The van der Waals surface area contributed by atoms with Crippen LogP contribution in [0.3, 0.4) is 0 Å². The van der Waals surface area contributed by atoms with Crippen molar-refractivity contribution in [2.45, 2.75) is 11.0 Å². The van der Waals surface area contributed by atoms with Gasteiger partial charge in [0, 0.05) is 11.1 Å². The molecular weight excluding hydrogens is 352 g/mol. The third-order valence-electron chi connectivity index (χ3n) is 3.56. The van der Waals surface area contributed by atoms with Gasteiger partial charge in [0.1, 0.15) is 5.75 Å². The van der Waals surface area contributed by atoms with Crippen LogP contribution in [0.15, 0.2) is 68.8 Å². The maximum absolute atomic E-state index is 5.65. The summed E-state index contributed by atoms with van der Waals surface area (Å²) in [6.45, 7) is 0. The lowest BCUT2D eigenvalue weighted by atomic mass is 10.2. The second-order valence-corrected chi connectivity index (χ2v) is 6.20. The molecular formula is C18H14N4O3S. The third kappa shape index (κ3) is 3.60. The molecule has 130 valence electrons. The molecule has 0 aliphatic carbocycles. The highest BCUT2D eigenvalue weighted by atomic mass is 32.2. The van der Waals surface area contributed by atoms with Gasteiger partial charge in [-0.1, -0.05) is 35.1 Å². The Morgan fingerprint density at radius 1 is 0.923 bits per heavy atom. The smallest absolute Gasteiger partial charge is 0.277 e. The Morgan fingerprint density at radius 3 is 2.46 bits per heavy atom. The fraction of sp³-hybridized carbons (Fsp3) is 0.111. The largest absolute Gasteiger partial charge is 0.497 e. The molecule has 0 aliphatic heterocycles. The first kappa shape index (κ1) is 16.3. The Bertz CT molecular complexity index is 983. The van der Waals surface area contributed by atoms with Crippen molar-refractivity contribution in [3.05, 3.63) is 60.4 Å². The van der Waals surface area contributed by atoms with E-state index < -0.39 is 0 Å². The van der Waals surface area contributed by atoms with Crippen molar-refractivity contribution < 1.29 is 13.7 Å². The minimum Gasteiger partial charge on any atom is -0.497 e. The lowest BCUT2D eigenvalue weighted by molar-refractivity contribution is 0.414. The van der Waals surface area contributed by atoms with Gasteiger partial charge in [-0.3, -0.25) is 0 Å². The molecule has 2 aromatic carbocycles. The van der Waals surface area contributed by atoms with Crippen molar-refractivity contribution in [2.75, 3.05) is 7.11 Å². The summed E-state index contributed by atoms with van der Waals surface area (Å²) in [5.74, 6) is 2.74. The second-order valence-electron chi connectivity index (χ2n) is 5.27. The lowest BCUT2D eigenvalue weighted by Crippen LogP contribution is -1.85. The lowest BCUT2D eigenvalue weighted by Gasteiger charge is -1.98. The Labute approximate surface area is 153 Å². The predicted octanol–water partition coefficient (Wildman–Crippen LogP) is 4.09. The molecule has 8 heteroatoms. The second kappa shape index (κ2) is 7.40. The quantitative estimate of drug-likeness (QED) is 0.472. The van der Waals surface area contributed by atoms with E-state index in [2.05, 4.69) is 20.3 Å².